The highest BCUT2D eigenvalue weighted by Gasteiger charge is 2.24. The summed E-state index contributed by atoms with van der Waals surface area (Å²) in [6, 6.07) is 0. The Bertz CT molecular complexity index is 491. The average Bonchev–Trinajstić information content (AvgIpc) is 3.42. The van der Waals surface area contributed by atoms with Crippen molar-refractivity contribution in [1.29, 1.82) is 0 Å². The Hall–Kier alpha value is -2.45. The van der Waals surface area contributed by atoms with Crippen molar-refractivity contribution in [2.45, 2.75) is 26.9 Å². The Morgan fingerprint density at radius 2 is 1.62 bits per heavy atom. The second-order valence-corrected chi connectivity index (χ2v) is 4.93. The highest BCUT2D eigenvalue weighted by molar-refractivity contribution is 5.87. The predicted molar refractivity (Wildman–Crippen MR) is 95.2 cm³/mol. The lowest BCUT2D eigenvalue weighted by Crippen LogP contribution is -2.09. The summed E-state index contributed by atoms with van der Waals surface area (Å²) in [6.45, 7) is 16.3. The number of rotatable bonds is 8. The number of epoxide rings is 1. The maximum Gasteiger partial charge on any atom is 0.333 e. The van der Waals surface area contributed by atoms with E-state index in [1.54, 1.807) is 20.8 Å². The molecule has 0 aliphatic carbocycles. The van der Waals surface area contributed by atoms with E-state index in [1.165, 1.54) is 0 Å². The number of aliphatic hydroxyl groups is 1. The van der Waals surface area contributed by atoms with Crippen molar-refractivity contribution in [3.8, 4) is 0 Å². The molecule has 1 atom stereocenters. The fraction of sp³-hybridized carbons (Fsp3) is 0.500. The fourth-order valence-electron chi connectivity index (χ4n) is 0.919. The van der Waals surface area contributed by atoms with Gasteiger partial charge in [-0.2, -0.15) is 0 Å². The van der Waals surface area contributed by atoms with Gasteiger partial charge < -0.3 is 24.1 Å². The summed E-state index contributed by atoms with van der Waals surface area (Å²) in [5.74, 6) is -1.15. The van der Waals surface area contributed by atoms with Gasteiger partial charge >= 0.3 is 17.9 Å². The molecule has 0 bridgehead atoms. The minimum atomic E-state index is -0.455. The molecule has 1 aliphatic rings. The van der Waals surface area contributed by atoms with Crippen LogP contribution in [0.25, 0.3) is 0 Å². The molecule has 148 valence electrons. The minimum absolute atomic E-state index is 0.0473. The molecule has 0 radical (unpaired) electrons. The normalized spacial score (nSPS) is 13.5. The second kappa shape index (κ2) is 16.0. The molecule has 1 aliphatic heterocycles. The summed E-state index contributed by atoms with van der Waals surface area (Å²) in [6.07, 6.45) is 1.28. The molecule has 8 heteroatoms. The van der Waals surface area contributed by atoms with Gasteiger partial charge in [-0.3, -0.25) is 0 Å². The maximum absolute atomic E-state index is 10.7. The van der Waals surface area contributed by atoms with Gasteiger partial charge in [0.05, 0.1) is 19.8 Å². The van der Waals surface area contributed by atoms with E-state index in [4.69, 9.17) is 14.6 Å². The smallest absolute Gasteiger partial charge is 0.333 e. The molecule has 8 nitrogen and oxygen atoms in total. The van der Waals surface area contributed by atoms with E-state index in [0.717, 1.165) is 6.08 Å². The van der Waals surface area contributed by atoms with Crippen molar-refractivity contribution in [2.24, 2.45) is 0 Å². The van der Waals surface area contributed by atoms with Gasteiger partial charge in [0.2, 0.25) is 0 Å². The van der Waals surface area contributed by atoms with Gasteiger partial charge in [-0.05, 0) is 20.8 Å². The quantitative estimate of drug-likeness (QED) is 0.294. The number of hydrogen-bond acceptors (Lipinski definition) is 8. The summed E-state index contributed by atoms with van der Waals surface area (Å²) >= 11 is 0. The van der Waals surface area contributed by atoms with Crippen LogP contribution in [0.5, 0.6) is 0 Å². The van der Waals surface area contributed by atoms with Crippen molar-refractivity contribution in [2.75, 3.05) is 33.0 Å². The van der Waals surface area contributed by atoms with Crippen molar-refractivity contribution < 1.29 is 38.4 Å². The Morgan fingerprint density at radius 3 is 1.92 bits per heavy atom. The third-order valence-corrected chi connectivity index (χ3v) is 2.28. The van der Waals surface area contributed by atoms with Crippen LogP contribution in [-0.4, -0.2) is 62.2 Å². The second-order valence-electron chi connectivity index (χ2n) is 4.93. The molecule has 0 aromatic carbocycles. The molecule has 1 unspecified atom stereocenters. The monoisotopic (exact) mass is 372 g/mol. The van der Waals surface area contributed by atoms with Crippen LogP contribution in [0.2, 0.25) is 0 Å². The van der Waals surface area contributed by atoms with Crippen molar-refractivity contribution >= 4 is 17.9 Å². The molecule has 1 saturated heterocycles. The van der Waals surface area contributed by atoms with Crippen LogP contribution >= 0.6 is 0 Å². The van der Waals surface area contributed by atoms with Crippen molar-refractivity contribution in [3.63, 3.8) is 0 Å². The average molecular weight is 372 g/mol. The van der Waals surface area contributed by atoms with Crippen LogP contribution < -0.4 is 0 Å². The molecule has 1 rings (SSSR count). The molecule has 1 fully saturated rings. The summed E-state index contributed by atoms with van der Waals surface area (Å²) in [5, 5.41) is 8.19. The highest BCUT2D eigenvalue weighted by atomic mass is 16.6. The van der Waals surface area contributed by atoms with Gasteiger partial charge in [-0.15, -0.1) is 0 Å². The first-order valence-electron chi connectivity index (χ1n) is 7.86. The van der Waals surface area contributed by atoms with E-state index in [2.05, 4.69) is 29.2 Å². The first-order valence-corrected chi connectivity index (χ1v) is 7.86. The molecule has 0 aromatic rings. The SMILES string of the molecule is C=C(C)C(=O)OCC1CO1.C=C(C)C(=O)OCCO.C=CC(=O)OCC. The third-order valence-electron chi connectivity index (χ3n) is 2.28. The van der Waals surface area contributed by atoms with E-state index < -0.39 is 5.97 Å². The van der Waals surface area contributed by atoms with Crippen molar-refractivity contribution in [3.05, 3.63) is 37.0 Å². The van der Waals surface area contributed by atoms with Crippen LogP contribution in [0, 0.1) is 0 Å². The molecule has 0 saturated carbocycles. The fourth-order valence-corrected chi connectivity index (χ4v) is 0.919. The Labute approximate surface area is 154 Å². The number of aliphatic hydroxyl groups excluding tert-OH is 1. The number of carbonyl (C=O) groups is 3. The zero-order chi connectivity index (χ0) is 20.5. The van der Waals surface area contributed by atoms with E-state index in [1.807, 2.05) is 0 Å². The van der Waals surface area contributed by atoms with Crippen LogP contribution in [0.15, 0.2) is 37.0 Å². The topological polar surface area (TPSA) is 112 Å². The number of carbonyl (C=O) groups excluding carboxylic acids is 3. The largest absolute Gasteiger partial charge is 0.463 e. The molecule has 1 heterocycles. The minimum Gasteiger partial charge on any atom is -0.463 e. The van der Waals surface area contributed by atoms with Gasteiger partial charge in [-0.25, -0.2) is 14.4 Å². The van der Waals surface area contributed by atoms with E-state index in [-0.39, 0.29) is 31.3 Å². The molecule has 0 aromatic heterocycles. The third kappa shape index (κ3) is 17.9. The lowest BCUT2D eigenvalue weighted by Gasteiger charge is -1.99. The van der Waals surface area contributed by atoms with Gasteiger partial charge in [0.1, 0.15) is 19.3 Å². The summed E-state index contributed by atoms with van der Waals surface area (Å²) in [7, 11) is 0. The van der Waals surface area contributed by atoms with Gasteiger partial charge in [0.25, 0.3) is 0 Å². The zero-order valence-electron chi connectivity index (χ0n) is 15.6. The van der Waals surface area contributed by atoms with Crippen LogP contribution in [-0.2, 0) is 33.3 Å². The maximum atomic E-state index is 10.7. The van der Waals surface area contributed by atoms with E-state index in [0.29, 0.717) is 31.0 Å². The van der Waals surface area contributed by atoms with Gasteiger partial charge in [0.15, 0.2) is 0 Å². The molecule has 0 spiro atoms. The molecular formula is C18H28O8. The zero-order valence-corrected chi connectivity index (χ0v) is 15.6. The highest BCUT2D eigenvalue weighted by Crippen LogP contribution is 2.09. The summed E-state index contributed by atoms with van der Waals surface area (Å²) < 4.78 is 18.5. The standard InChI is InChI=1S/C7H10O3.C6H10O3.C5H8O2/c1-5(2)7(8)10-4-6-3-9-6;1-5(2)6(8)9-4-3-7;1-3-5(6)7-4-2/h6H,1,3-4H2,2H3;7H,1,3-4H2,2H3;3H,1,4H2,2H3. The Morgan fingerprint density at radius 1 is 1.12 bits per heavy atom. The first-order chi connectivity index (χ1) is 12.2. The number of ether oxygens (including phenoxy) is 4. The molecular weight excluding hydrogens is 344 g/mol. The Kier molecular flexibility index (Phi) is 15.9. The van der Waals surface area contributed by atoms with Gasteiger partial charge in [-0.1, -0.05) is 19.7 Å². The van der Waals surface area contributed by atoms with Gasteiger partial charge in [0, 0.05) is 17.2 Å². The first kappa shape index (κ1) is 25.8. The molecule has 0 amide bonds. The number of hydrogen-bond donors (Lipinski definition) is 1. The van der Waals surface area contributed by atoms with Crippen molar-refractivity contribution in [1.82, 2.24) is 0 Å². The number of esters is 3. The van der Waals surface area contributed by atoms with Crippen LogP contribution in [0.4, 0.5) is 0 Å². The molecule has 1 N–H and O–H groups in total. The molecule has 26 heavy (non-hydrogen) atoms. The van der Waals surface area contributed by atoms with E-state index in [9.17, 15) is 14.4 Å². The Balaban J connectivity index is 0. The van der Waals surface area contributed by atoms with E-state index >= 15 is 0 Å². The van der Waals surface area contributed by atoms with Crippen LogP contribution in [0.1, 0.15) is 20.8 Å². The lowest BCUT2D eigenvalue weighted by molar-refractivity contribution is -0.140. The van der Waals surface area contributed by atoms with Crippen LogP contribution in [0.3, 0.4) is 0 Å². The predicted octanol–water partition coefficient (Wildman–Crippen LogP) is 1.34. The summed E-state index contributed by atoms with van der Waals surface area (Å²) in [5.41, 5.74) is 0.782. The summed E-state index contributed by atoms with van der Waals surface area (Å²) in [4.78, 5) is 31.2. The lowest BCUT2D eigenvalue weighted by atomic mass is 10.4.